The molecule has 140 valence electrons. The van der Waals surface area contributed by atoms with E-state index in [1.165, 1.54) is 0 Å². The van der Waals surface area contributed by atoms with Crippen LogP contribution in [0, 0.1) is 5.92 Å². The Hall–Kier alpha value is -1.76. The fourth-order valence-electron chi connectivity index (χ4n) is 2.58. The molecule has 0 fully saturated rings. The molecule has 0 saturated heterocycles. The molecule has 0 N–H and O–H groups in total. The molecule has 0 amide bonds. The Morgan fingerprint density at radius 3 is 2.56 bits per heavy atom. The molecule has 0 bridgehead atoms. The van der Waals surface area contributed by atoms with Gasteiger partial charge in [0, 0.05) is 5.75 Å². The van der Waals surface area contributed by atoms with Crippen LogP contribution in [0.3, 0.4) is 0 Å². The zero-order chi connectivity index (χ0) is 18.7. The van der Waals surface area contributed by atoms with Crippen molar-refractivity contribution in [1.82, 2.24) is 0 Å². The zero-order valence-corrected chi connectivity index (χ0v) is 16.0. The van der Waals surface area contributed by atoms with E-state index in [0.717, 1.165) is 5.56 Å². The third-order valence-electron chi connectivity index (χ3n) is 3.75. The summed E-state index contributed by atoms with van der Waals surface area (Å²) in [6.45, 7) is 7.75. The van der Waals surface area contributed by atoms with Crippen molar-refractivity contribution in [2.45, 2.75) is 39.7 Å². The molecule has 0 aromatic heterocycles. The molecular formula is C18H26O6S. The van der Waals surface area contributed by atoms with Crippen LogP contribution < -0.4 is 9.47 Å². The summed E-state index contributed by atoms with van der Waals surface area (Å²) < 4.78 is 40.8. The number of hydrogen-bond donors (Lipinski definition) is 0. The number of carbonyl (C=O) groups excluding carboxylic acids is 1. The van der Waals surface area contributed by atoms with E-state index in [-0.39, 0.29) is 17.9 Å². The number of fused-ring (bicyclic) bond motifs is 1. The van der Waals surface area contributed by atoms with E-state index in [0.29, 0.717) is 24.7 Å². The average molecular weight is 370 g/mol. The van der Waals surface area contributed by atoms with Crippen LogP contribution in [0.5, 0.6) is 11.5 Å². The molecule has 1 atom stereocenters. The van der Waals surface area contributed by atoms with Crippen LogP contribution in [0.2, 0.25) is 0 Å². The highest BCUT2D eigenvalue weighted by Crippen LogP contribution is 2.35. The second-order valence-electron chi connectivity index (χ2n) is 7.07. The van der Waals surface area contributed by atoms with Gasteiger partial charge in [0.25, 0.3) is 0 Å². The number of sulfone groups is 1. The highest BCUT2D eigenvalue weighted by atomic mass is 32.2. The van der Waals surface area contributed by atoms with E-state index in [4.69, 9.17) is 14.2 Å². The first-order chi connectivity index (χ1) is 11.6. The summed E-state index contributed by atoms with van der Waals surface area (Å²) in [7, 11) is -3.33. The maximum atomic E-state index is 12.6. The summed E-state index contributed by atoms with van der Waals surface area (Å²) in [5.74, 6) is -0.372. The Balaban J connectivity index is 2.28. The van der Waals surface area contributed by atoms with Gasteiger partial charge in [-0.2, -0.15) is 0 Å². The minimum absolute atomic E-state index is 0.0151. The Labute approximate surface area is 149 Å². The lowest BCUT2D eigenvalue weighted by atomic mass is 9.99. The second kappa shape index (κ2) is 7.64. The van der Waals surface area contributed by atoms with Gasteiger partial charge >= 0.3 is 5.97 Å². The normalized spacial score (nSPS) is 15.5. The predicted molar refractivity (Wildman–Crippen MR) is 94.8 cm³/mol. The smallest absolute Gasteiger partial charge is 0.310 e. The van der Waals surface area contributed by atoms with Crippen LogP contribution in [-0.2, 0) is 25.8 Å². The average Bonchev–Trinajstić information content (AvgIpc) is 2.53. The minimum atomic E-state index is -3.33. The molecule has 0 radical (unpaired) electrons. The van der Waals surface area contributed by atoms with Gasteiger partial charge in [-0.1, -0.05) is 19.1 Å². The number of esters is 1. The van der Waals surface area contributed by atoms with Gasteiger partial charge in [-0.25, -0.2) is 8.42 Å². The van der Waals surface area contributed by atoms with Gasteiger partial charge in [0.05, 0.1) is 11.7 Å². The van der Waals surface area contributed by atoms with Crippen LogP contribution in [0.1, 0.15) is 33.3 Å². The van der Waals surface area contributed by atoms with E-state index in [9.17, 15) is 13.2 Å². The molecular weight excluding hydrogens is 344 g/mol. The van der Waals surface area contributed by atoms with Gasteiger partial charge in [0.15, 0.2) is 21.3 Å². The maximum Gasteiger partial charge on any atom is 0.310 e. The van der Waals surface area contributed by atoms with Crippen LogP contribution in [0.15, 0.2) is 18.2 Å². The standard InChI is InChI=1S/C18H26O6S/c1-5-25(20,21)12-14(17(19)24-18(2,3)4)11-13-7-6-8-15-16(13)23-10-9-22-15/h6-8,14H,5,9-12H2,1-4H3. The van der Waals surface area contributed by atoms with Crippen LogP contribution in [0.4, 0.5) is 0 Å². The van der Waals surface area contributed by atoms with Crippen molar-refractivity contribution in [2.24, 2.45) is 5.92 Å². The van der Waals surface area contributed by atoms with Gasteiger partial charge in [-0.15, -0.1) is 0 Å². The van der Waals surface area contributed by atoms with Crippen LogP contribution >= 0.6 is 0 Å². The highest BCUT2D eigenvalue weighted by molar-refractivity contribution is 7.91. The fraction of sp³-hybridized carbons (Fsp3) is 0.611. The molecule has 2 rings (SSSR count). The first-order valence-corrected chi connectivity index (χ1v) is 10.2. The minimum Gasteiger partial charge on any atom is -0.486 e. The first kappa shape index (κ1) is 19.6. The lowest BCUT2D eigenvalue weighted by Crippen LogP contribution is -2.34. The monoisotopic (exact) mass is 370 g/mol. The lowest BCUT2D eigenvalue weighted by molar-refractivity contribution is -0.159. The topological polar surface area (TPSA) is 78.9 Å². The van der Waals surface area contributed by atoms with Crippen LogP contribution in [-0.4, -0.2) is 44.7 Å². The summed E-state index contributed by atoms with van der Waals surface area (Å²) in [5, 5.41) is 0. The Kier molecular flexibility index (Phi) is 5.98. The van der Waals surface area contributed by atoms with Gasteiger partial charge in [-0.05, 0) is 38.8 Å². The molecule has 0 saturated carbocycles. The molecule has 25 heavy (non-hydrogen) atoms. The van der Waals surface area contributed by atoms with E-state index >= 15 is 0 Å². The molecule has 0 aliphatic carbocycles. The predicted octanol–water partition coefficient (Wildman–Crippen LogP) is 2.39. The van der Waals surface area contributed by atoms with Crippen molar-refractivity contribution < 1.29 is 27.4 Å². The Morgan fingerprint density at radius 2 is 1.92 bits per heavy atom. The van der Waals surface area contributed by atoms with Gasteiger partial charge in [0.1, 0.15) is 18.8 Å². The molecule has 7 heteroatoms. The van der Waals surface area contributed by atoms with Crippen molar-refractivity contribution >= 4 is 15.8 Å². The van der Waals surface area contributed by atoms with Crippen molar-refractivity contribution in [3.8, 4) is 11.5 Å². The summed E-state index contributed by atoms with van der Waals surface area (Å²) in [6, 6.07) is 5.43. The number of benzene rings is 1. The van der Waals surface area contributed by atoms with Crippen LogP contribution in [0.25, 0.3) is 0 Å². The largest absolute Gasteiger partial charge is 0.486 e. The third-order valence-corrected chi connectivity index (χ3v) is 5.54. The molecule has 1 aliphatic heterocycles. The Bertz CT molecular complexity index is 718. The van der Waals surface area contributed by atoms with Gasteiger partial charge < -0.3 is 14.2 Å². The van der Waals surface area contributed by atoms with Crippen molar-refractivity contribution in [3.05, 3.63) is 23.8 Å². The van der Waals surface area contributed by atoms with Gasteiger partial charge in [-0.3, -0.25) is 4.79 Å². The van der Waals surface area contributed by atoms with E-state index in [1.54, 1.807) is 33.8 Å². The first-order valence-electron chi connectivity index (χ1n) is 8.42. The fourth-order valence-corrected chi connectivity index (χ4v) is 3.68. The Morgan fingerprint density at radius 1 is 1.24 bits per heavy atom. The molecule has 1 aliphatic rings. The lowest BCUT2D eigenvalue weighted by Gasteiger charge is -2.25. The third kappa shape index (κ3) is 5.63. The zero-order valence-electron chi connectivity index (χ0n) is 15.2. The number of hydrogen-bond acceptors (Lipinski definition) is 6. The quantitative estimate of drug-likeness (QED) is 0.716. The summed E-state index contributed by atoms with van der Waals surface area (Å²) >= 11 is 0. The maximum absolute atomic E-state index is 12.6. The van der Waals surface area contributed by atoms with Gasteiger partial charge in [0.2, 0.25) is 0 Å². The summed E-state index contributed by atoms with van der Waals surface area (Å²) in [5.41, 5.74) is 0.0699. The number of rotatable bonds is 6. The van der Waals surface area contributed by atoms with Crippen molar-refractivity contribution in [3.63, 3.8) is 0 Å². The number of ether oxygens (including phenoxy) is 3. The number of carbonyl (C=O) groups is 1. The molecule has 6 nitrogen and oxygen atoms in total. The summed E-state index contributed by atoms with van der Waals surface area (Å²) in [4.78, 5) is 12.6. The summed E-state index contributed by atoms with van der Waals surface area (Å²) in [6.07, 6.45) is 0.223. The number of para-hydroxylation sites is 1. The molecule has 1 aromatic rings. The van der Waals surface area contributed by atoms with Crippen molar-refractivity contribution in [1.29, 1.82) is 0 Å². The van der Waals surface area contributed by atoms with E-state index < -0.39 is 27.3 Å². The van der Waals surface area contributed by atoms with E-state index in [1.807, 2.05) is 12.1 Å². The molecule has 0 spiro atoms. The molecule has 1 aromatic carbocycles. The molecule has 1 heterocycles. The highest BCUT2D eigenvalue weighted by Gasteiger charge is 2.31. The SMILES string of the molecule is CCS(=O)(=O)CC(Cc1cccc2c1OCCO2)C(=O)OC(C)(C)C. The van der Waals surface area contributed by atoms with E-state index in [2.05, 4.69) is 0 Å². The van der Waals surface area contributed by atoms with Crippen molar-refractivity contribution in [2.75, 3.05) is 24.7 Å². The second-order valence-corrected chi connectivity index (χ2v) is 9.47. The molecule has 1 unspecified atom stereocenters.